The van der Waals surface area contributed by atoms with E-state index in [1.807, 2.05) is 24.0 Å². The highest BCUT2D eigenvalue weighted by Crippen LogP contribution is 2.40. The Hall–Kier alpha value is -1.95. The number of aliphatic hydroxyl groups excluding tert-OH is 1. The molecule has 0 unspecified atom stereocenters. The Bertz CT molecular complexity index is 717. The summed E-state index contributed by atoms with van der Waals surface area (Å²) in [4.78, 5) is 17.1. The van der Waals surface area contributed by atoms with Crippen molar-refractivity contribution in [3.05, 3.63) is 29.5 Å². The Morgan fingerprint density at radius 3 is 2.89 bits per heavy atom. The van der Waals surface area contributed by atoms with Gasteiger partial charge in [0.1, 0.15) is 0 Å². The van der Waals surface area contributed by atoms with E-state index in [2.05, 4.69) is 21.2 Å². The summed E-state index contributed by atoms with van der Waals surface area (Å²) in [7, 11) is 0. The number of hydrogen-bond acceptors (Lipinski definition) is 5. The van der Waals surface area contributed by atoms with Crippen LogP contribution in [-0.4, -0.2) is 58.4 Å². The van der Waals surface area contributed by atoms with Crippen molar-refractivity contribution in [2.24, 2.45) is 5.41 Å². The number of anilines is 1. The molecule has 0 aromatic carbocycles. The number of amides is 1. The van der Waals surface area contributed by atoms with E-state index >= 15 is 0 Å². The average molecular weight is 370 g/mol. The van der Waals surface area contributed by atoms with Crippen LogP contribution in [0.5, 0.6) is 0 Å². The van der Waals surface area contributed by atoms with Gasteiger partial charge in [0, 0.05) is 38.0 Å². The molecular weight excluding hydrogens is 340 g/mol. The Kier molecular flexibility index (Phi) is 5.17. The number of likely N-dealkylation sites (tertiary alicyclic amines) is 1. The lowest BCUT2D eigenvalue weighted by molar-refractivity contribution is -0.137. The number of nitrogens with zero attached hydrogens (tertiary/aromatic N) is 4. The topological polar surface area (TPSA) is 69.6 Å². The van der Waals surface area contributed by atoms with Gasteiger partial charge in [-0.15, -0.1) is 5.10 Å². The number of rotatable bonds is 3. The monoisotopic (exact) mass is 370 g/mol. The van der Waals surface area contributed by atoms with Crippen LogP contribution in [0.15, 0.2) is 23.8 Å². The maximum Gasteiger partial charge on any atom is 0.226 e. The third-order valence-corrected chi connectivity index (χ3v) is 6.47. The first-order valence-corrected chi connectivity index (χ1v) is 10.2. The molecular formula is C21H30N4O2. The SMILES string of the molecule is Cc1ccc(N2CC[C@@H](O)[C@]3(CCCN(C(=O)CC4=CCCC4)C3)C2)nn1. The maximum absolute atomic E-state index is 12.8. The Balaban J connectivity index is 1.47. The molecule has 2 saturated heterocycles. The lowest BCUT2D eigenvalue weighted by atomic mass is 9.71. The largest absolute Gasteiger partial charge is 0.392 e. The van der Waals surface area contributed by atoms with Crippen LogP contribution < -0.4 is 4.90 Å². The molecule has 4 rings (SSSR count). The highest BCUT2D eigenvalue weighted by atomic mass is 16.3. The molecule has 0 saturated carbocycles. The number of aromatic nitrogens is 2. The Morgan fingerprint density at radius 2 is 2.15 bits per heavy atom. The molecule has 0 bridgehead atoms. The molecule has 3 aliphatic rings. The quantitative estimate of drug-likeness (QED) is 0.828. The highest BCUT2D eigenvalue weighted by Gasteiger charge is 2.46. The van der Waals surface area contributed by atoms with E-state index in [1.54, 1.807) is 0 Å². The second-order valence-corrected chi connectivity index (χ2v) is 8.47. The minimum Gasteiger partial charge on any atom is -0.392 e. The number of allylic oxidation sites excluding steroid dienone is 1. The van der Waals surface area contributed by atoms with Crippen molar-refractivity contribution in [3.8, 4) is 0 Å². The first-order chi connectivity index (χ1) is 13.1. The molecule has 0 radical (unpaired) electrons. The van der Waals surface area contributed by atoms with Gasteiger partial charge in [-0.2, -0.15) is 5.10 Å². The van der Waals surface area contributed by atoms with E-state index < -0.39 is 0 Å². The van der Waals surface area contributed by atoms with Crippen LogP contribution in [0, 0.1) is 12.3 Å². The molecule has 1 aromatic heterocycles. The Morgan fingerprint density at radius 1 is 1.26 bits per heavy atom. The molecule has 2 fully saturated rings. The van der Waals surface area contributed by atoms with Crippen molar-refractivity contribution in [3.63, 3.8) is 0 Å². The molecule has 2 aliphatic heterocycles. The molecule has 1 aromatic rings. The zero-order valence-corrected chi connectivity index (χ0v) is 16.2. The minimum atomic E-state index is -0.367. The fourth-order valence-electron chi connectivity index (χ4n) is 4.88. The molecule has 27 heavy (non-hydrogen) atoms. The minimum absolute atomic E-state index is 0.224. The molecule has 1 amide bonds. The van der Waals surface area contributed by atoms with Gasteiger partial charge in [-0.1, -0.05) is 11.6 Å². The van der Waals surface area contributed by atoms with Crippen LogP contribution in [0.3, 0.4) is 0 Å². The van der Waals surface area contributed by atoms with E-state index in [0.717, 1.165) is 56.8 Å². The van der Waals surface area contributed by atoms with E-state index in [9.17, 15) is 9.90 Å². The third-order valence-electron chi connectivity index (χ3n) is 6.47. The van der Waals surface area contributed by atoms with Gasteiger partial charge in [-0.25, -0.2) is 0 Å². The number of piperidine rings is 2. The van der Waals surface area contributed by atoms with Gasteiger partial charge in [0.2, 0.25) is 5.91 Å². The molecule has 6 heteroatoms. The van der Waals surface area contributed by atoms with Gasteiger partial charge in [-0.3, -0.25) is 4.79 Å². The molecule has 1 aliphatic carbocycles. The molecule has 1 N–H and O–H groups in total. The van der Waals surface area contributed by atoms with Gasteiger partial charge < -0.3 is 14.9 Å². The van der Waals surface area contributed by atoms with Crippen molar-refractivity contribution in [2.45, 2.75) is 58.0 Å². The molecule has 6 nitrogen and oxygen atoms in total. The number of hydrogen-bond donors (Lipinski definition) is 1. The predicted octanol–water partition coefficient (Wildman–Crippen LogP) is 2.47. The van der Waals surface area contributed by atoms with Crippen molar-refractivity contribution in [1.82, 2.24) is 15.1 Å². The van der Waals surface area contributed by atoms with Gasteiger partial charge in [0.05, 0.1) is 11.8 Å². The summed E-state index contributed by atoms with van der Waals surface area (Å²) in [6.45, 7) is 4.91. The van der Waals surface area contributed by atoms with E-state index in [4.69, 9.17) is 0 Å². The summed E-state index contributed by atoms with van der Waals surface area (Å²) in [6, 6.07) is 3.98. The van der Waals surface area contributed by atoms with Crippen molar-refractivity contribution in [1.29, 1.82) is 0 Å². The standard InChI is InChI=1S/C21H30N4O2/c1-16-7-8-19(23-22-16)24-12-9-18(26)21(14-24)10-4-11-25(15-21)20(27)13-17-5-2-3-6-17/h5,7-8,18,26H,2-4,6,9-15H2,1H3/t18-,21-/m1/s1. The summed E-state index contributed by atoms with van der Waals surface area (Å²) in [5, 5.41) is 19.4. The summed E-state index contributed by atoms with van der Waals surface area (Å²) in [6.07, 6.45) is 8.38. The van der Waals surface area contributed by atoms with E-state index in [1.165, 1.54) is 12.0 Å². The zero-order valence-electron chi connectivity index (χ0n) is 16.2. The van der Waals surface area contributed by atoms with Crippen molar-refractivity contribution in [2.75, 3.05) is 31.1 Å². The fourth-order valence-corrected chi connectivity index (χ4v) is 4.88. The van der Waals surface area contributed by atoms with Gasteiger partial charge >= 0.3 is 0 Å². The van der Waals surface area contributed by atoms with Gasteiger partial charge in [0.25, 0.3) is 0 Å². The van der Waals surface area contributed by atoms with Gasteiger partial charge in [0.15, 0.2) is 5.82 Å². The lowest BCUT2D eigenvalue weighted by Crippen LogP contribution is -2.60. The van der Waals surface area contributed by atoms with Crippen LogP contribution in [0.1, 0.15) is 50.6 Å². The summed E-state index contributed by atoms with van der Waals surface area (Å²) >= 11 is 0. The molecule has 1 spiro atoms. The third kappa shape index (κ3) is 3.86. The predicted molar refractivity (Wildman–Crippen MR) is 104 cm³/mol. The summed E-state index contributed by atoms with van der Waals surface area (Å²) in [5.41, 5.74) is 1.93. The highest BCUT2D eigenvalue weighted by molar-refractivity contribution is 5.79. The van der Waals surface area contributed by atoms with Crippen LogP contribution in [0.4, 0.5) is 5.82 Å². The fraction of sp³-hybridized carbons (Fsp3) is 0.667. The maximum atomic E-state index is 12.8. The van der Waals surface area contributed by atoms with E-state index in [-0.39, 0.29) is 17.4 Å². The normalized spacial score (nSPS) is 28.5. The van der Waals surface area contributed by atoms with Crippen LogP contribution in [-0.2, 0) is 4.79 Å². The summed E-state index contributed by atoms with van der Waals surface area (Å²) in [5.74, 6) is 1.09. The zero-order chi connectivity index (χ0) is 18.9. The number of aryl methyl sites for hydroxylation is 1. The van der Waals surface area contributed by atoms with Crippen LogP contribution >= 0.6 is 0 Å². The Labute approximate surface area is 161 Å². The smallest absolute Gasteiger partial charge is 0.226 e. The summed E-state index contributed by atoms with van der Waals surface area (Å²) < 4.78 is 0. The molecule has 146 valence electrons. The average Bonchev–Trinajstić information content (AvgIpc) is 3.18. The van der Waals surface area contributed by atoms with Crippen LogP contribution in [0.25, 0.3) is 0 Å². The van der Waals surface area contributed by atoms with Crippen LogP contribution in [0.2, 0.25) is 0 Å². The first kappa shape index (κ1) is 18.4. The van der Waals surface area contributed by atoms with Crippen molar-refractivity contribution < 1.29 is 9.90 Å². The number of carbonyl (C=O) groups is 1. The second-order valence-electron chi connectivity index (χ2n) is 8.47. The van der Waals surface area contributed by atoms with E-state index in [0.29, 0.717) is 19.4 Å². The number of carbonyl (C=O) groups excluding carboxylic acids is 1. The second kappa shape index (κ2) is 7.58. The van der Waals surface area contributed by atoms with Crippen molar-refractivity contribution >= 4 is 11.7 Å². The molecule has 3 heterocycles. The number of aliphatic hydroxyl groups is 1. The first-order valence-electron chi connectivity index (χ1n) is 10.2. The van der Waals surface area contributed by atoms with Gasteiger partial charge in [-0.05, 0) is 57.6 Å². The lowest BCUT2D eigenvalue weighted by Gasteiger charge is -2.51. The molecule has 2 atom stereocenters.